The number of carbonyl (C=O) groups excluding carboxylic acids is 1. The first kappa shape index (κ1) is 31.0. The molecular weight excluding hydrogens is 534 g/mol. The van der Waals surface area contributed by atoms with Gasteiger partial charge in [0.25, 0.3) is 10.0 Å². The van der Waals surface area contributed by atoms with E-state index in [0.29, 0.717) is 53.9 Å². The van der Waals surface area contributed by atoms with Crippen LogP contribution in [0.1, 0.15) is 104 Å². The third kappa shape index (κ3) is 5.31. The lowest BCUT2D eigenvalue weighted by Gasteiger charge is -2.64. The summed E-state index contributed by atoms with van der Waals surface area (Å²) >= 11 is 0. The molecule has 0 spiro atoms. The molecule has 0 saturated heterocycles. The Morgan fingerprint density at radius 3 is 2.39 bits per heavy atom. The molecule has 3 N–H and O–H groups in total. The molecule has 4 aliphatic carbocycles. The average Bonchev–Trinajstić information content (AvgIpc) is 3.30. The van der Waals surface area contributed by atoms with E-state index in [2.05, 4.69) is 32.4 Å². The van der Waals surface area contributed by atoms with Crippen molar-refractivity contribution >= 4 is 15.9 Å². The Kier molecular flexibility index (Phi) is 8.75. The molecule has 3 unspecified atom stereocenters. The van der Waals surface area contributed by atoms with Gasteiger partial charge < -0.3 is 10.2 Å². The number of fused-ring (bicyclic) bond motifs is 5. The first-order valence-electron chi connectivity index (χ1n) is 16.4. The number of rotatable bonds is 8. The Hall–Kier alpha value is -1.44. The van der Waals surface area contributed by atoms with Crippen LogP contribution in [0.25, 0.3) is 0 Å². The van der Waals surface area contributed by atoms with Crippen molar-refractivity contribution in [2.75, 3.05) is 0 Å². The van der Waals surface area contributed by atoms with Gasteiger partial charge in [-0.2, -0.15) is 0 Å². The van der Waals surface area contributed by atoms with Crippen LogP contribution in [0.4, 0.5) is 0 Å². The minimum Gasteiger partial charge on any atom is -0.393 e. The van der Waals surface area contributed by atoms with Gasteiger partial charge in [-0.15, -0.1) is 0 Å². The molecular formula is C34H53NO5S. The van der Waals surface area contributed by atoms with E-state index in [0.717, 1.165) is 51.4 Å². The number of hydrogen-bond donors (Lipinski definition) is 3. The van der Waals surface area contributed by atoms with Crippen LogP contribution in [0.5, 0.6) is 0 Å². The molecule has 0 radical (unpaired) electrons. The number of benzene rings is 1. The Balaban J connectivity index is 1.27. The summed E-state index contributed by atoms with van der Waals surface area (Å²) in [4.78, 5) is 13.1. The molecule has 1 aromatic rings. The molecule has 7 heteroatoms. The molecule has 6 nitrogen and oxygen atoms in total. The standard InChI is InChI=1S/C34H53NO5S/c1-6-22-10-8-9-11-29(22)41(39,40)35-30(37)15-12-21(3)25-13-14-26-31-27(17-19-33(25,26)4)34(5)18-16-23(36)20-28(34)24(7-2)32(31)38/h8-11,21,23-28,31-32,36,38H,6-7,12-20H2,1-5H3,(H,35,37)/t21-,23-,24-,25-,26?,27?,28+,31?,32-,33-,34-/m1/s1. The zero-order chi connectivity index (χ0) is 29.7. The number of amides is 1. The molecule has 1 amide bonds. The van der Waals surface area contributed by atoms with Crippen LogP contribution in [0.3, 0.4) is 0 Å². The van der Waals surface area contributed by atoms with Gasteiger partial charge in [0.15, 0.2) is 0 Å². The summed E-state index contributed by atoms with van der Waals surface area (Å²) in [6, 6.07) is 6.86. The van der Waals surface area contributed by atoms with Gasteiger partial charge in [0.05, 0.1) is 17.1 Å². The summed E-state index contributed by atoms with van der Waals surface area (Å²) < 4.78 is 28.2. The highest BCUT2D eigenvalue weighted by Gasteiger charge is 2.64. The van der Waals surface area contributed by atoms with E-state index in [-0.39, 0.29) is 40.3 Å². The van der Waals surface area contributed by atoms with E-state index < -0.39 is 15.9 Å². The zero-order valence-electron chi connectivity index (χ0n) is 25.8. The molecule has 230 valence electrons. The summed E-state index contributed by atoms with van der Waals surface area (Å²) in [5.41, 5.74) is 1.02. The number of sulfonamides is 1. The third-order valence-corrected chi connectivity index (χ3v) is 14.3. The van der Waals surface area contributed by atoms with Gasteiger partial charge in [-0.3, -0.25) is 4.79 Å². The van der Waals surface area contributed by atoms with Crippen LogP contribution < -0.4 is 4.72 Å². The van der Waals surface area contributed by atoms with Gasteiger partial charge >= 0.3 is 0 Å². The van der Waals surface area contributed by atoms with Gasteiger partial charge in [0, 0.05) is 6.42 Å². The fourth-order valence-corrected chi connectivity index (χ4v) is 12.1. The van der Waals surface area contributed by atoms with Crippen molar-refractivity contribution in [3.8, 4) is 0 Å². The van der Waals surface area contributed by atoms with Gasteiger partial charge in [0.1, 0.15) is 0 Å². The third-order valence-electron chi connectivity index (χ3n) is 12.9. The van der Waals surface area contributed by atoms with Crippen LogP contribution in [0, 0.1) is 52.3 Å². The number of carbonyl (C=O) groups is 1. The molecule has 0 heterocycles. The molecule has 1 aromatic carbocycles. The molecule has 0 bridgehead atoms. The number of hydrogen-bond acceptors (Lipinski definition) is 5. The van der Waals surface area contributed by atoms with Crippen molar-refractivity contribution < 1.29 is 23.4 Å². The minimum atomic E-state index is -3.89. The van der Waals surface area contributed by atoms with Gasteiger partial charge in [0.2, 0.25) is 5.91 Å². The molecule has 4 saturated carbocycles. The smallest absolute Gasteiger partial charge is 0.264 e. The summed E-state index contributed by atoms with van der Waals surface area (Å²) in [7, 11) is -3.89. The van der Waals surface area contributed by atoms with E-state index in [4.69, 9.17) is 0 Å². The van der Waals surface area contributed by atoms with Crippen LogP contribution in [-0.2, 0) is 21.2 Å². The van der Waals surface area contributed by atoms with Gasteiger partial charge in [-0.1, -0.05) is 59.2 Å². The number of aryl methyl sites for hydroxylation is 1. The maximum absolute atomic E-state index is 13.0. The van der Waals surface area contributed by atoms with Crippen molar-refractivity contribution in [2.24, 2.45) is 52.3 Å². The second kappa shape index (κ2) is 11.6. The highest BCUT2D eigenvalue weighted by Crippen LogP contribution is 2.69. The lowest BCUT2D eigenvalue weighted by Crippen LogP contribution is -2.62. The first-order valence-corrected chi connectivity index (χ1v) is 17.8. The average molecular weight is 588 g/mol. The maximum Gasteiger partial charge on any atom is 0.264 e. The summed E-state index contributed by atoms with van der Waals surface area (Å²) in [5, 5.41) is 22.4. The molecule has 0 aliphatic heterocycles. The molecule has 5 rings (SSSR count). The molecule has 11 atom stereocenters. The van der Waals surface area contributed by atoms with Crippen LogP contribution in [0.15, 0.2) is 29.2 Å². The molecule has 4 fully saturated rings. The van der Waals surface area contributed by atoms with Crippen molar-refractivity contribution in [1.82, 2.24) is 4.72 Å². The lowest BCUT2D eigenvalue weighted by molar-refractivity contribution is -0.203. The van der Waals surface area contributed by atoms with E-state index >= 15 is 0 Å². The van der Waals surface area contributed by atoms with Gasteiger partial charge in [-0.05, 0) is 122 Å². The van der Waals surface area contributed by atoms with E-state index in [9.17, 15) is 23.4 Å². The first-order chi connectivity index (χ1) is 19.4. The second-order valence-electron chi connectivity index (χ2n) is 14.6. The highest BCUT2D eigenvalue weighted by atomic mass is 32.2. The predicted molar refractivity (Wildman–Crippen MR) is 161 cm³/mol. The molecule has 41 heavy (non-hydrogen) atoms. The lowest BCUT2D eigenvalue weighted by atomic mass is 9.41. The van der Waals surface area contributed by atoms with E-state index in [1.165, 1.54) is 0 Å². The number of nitrogens with one attached hydrogen (secondary N) is 1. The monoisotopic (exact) mass is 587 g/mol. The Labute approximate surface area is 248 Å². The normalized spacial score (nSPS) is 41.1. The Morgan fingerprint density at radius 2 is 1.68 bits per heavy atom. The maximum atomic E-state index is 13.0. The van der Waals surface area contributed by atoms with Crippen LogP contribution in [0.2, 0.25) is 0 Å². The summed E-state index contributed by atoms with van der Waals surface area (Å²) in [6.45, 7) is 11.3. The SMILES string of the molecule is CCc1ccccc1S(=O)(=O)NC(=O)CC[C@@H](C)[C@H]1CCC2C3C(CC[C@@]21C)[C@@]1(C)CC[C@@H](O)C[C@H]1[C@@H](CC)[C@H]3O. The van der Waals surface area contributed by atoms with Crippen molar-refractivity contribution in [1.29, 1.82) is 0 Å². The fourth-order valence-electron chi connectivity index (χ4n) is 10.8. The van der Waals surface area contributed by atoms with E-state index in [1.807, 2.05) is 13.0 Å². The van der Waals surface area contributed by atoms with Gasteiger partial charge in [-0.25, -0.2) is 13.1 Å². The zero-order valence-corrected chi connectivity index (χ0v) is 26.6. The molecule has 0 aromatic heterocycles. The second-order valence-corrected chi connectivity index (χ2v) is 16.3. The highest BCUT2D eigenvalue weighted by molar-refractivity contribution is 7.90. The largest absolute Gasteiger partial charge is 0.393 e. The van der Waals surface area contributed by atoms with Crippen molar-refractivity contribution in [3.63, 3.8) is 0 Å². The van der Waals surface area contributed by atoms with E-state index in [1.54, 1.807) is 18.2 Å². The van der Waals surface area contributed by atoms with Crippen LogP contribution in [-0.4, -0.2) is 36.7 Å². The Morgan fingerprint density at radius 1 is 1.00 bits per heavy atom. The Bertz CT molecular complexity index is 1220. The fraction of sp³-hybridized carbons (Fsp3) is 0.794. The summed E-state index contributed by atoms with van der Waals surface area (Å²) in [5.74, 6) is 2.26. The molecule has 4 aliphatic rings. The predicted octanol–water partition coefficient (Wildman–Crippen LogP) is 6.10. The summed E-state index contributed by atoms with van der Waals surface area (Å²) in [6.07, 6.45) is 9.15. The van der Waals surface area contributed by atoms with Crippen LogP contribution >= 0.6 is 0 Å². The number of aliphatic hydroxyl groups excluding tert-OH is 2. The quantitative estimate of drug-likeness (QED) is 0.341. The number of aliphatic hydroxyl groups is 2. The topological polar surface area (TPSA) is 104 Å². The van der Waals surface area contributed by atoms with Crippen molar-refractivity contribution in [2.45, 2.75) is 122 Å². The minimum absolute atomic E-state index is 0.125. The van der Waals surface area contributed by atoms with Crippen molar-refractivity contribution in [3.05, 3.63) is 29.8 Å².